The van der Waals surface area contributed by atoms with E-state index < -0.39 is 0 Å². The van der Waals surface area contributed by atoms with Gasteiger partial charge in [0.15, 0.2) is 0 Å². The van der Waals surface area contributed by atoms with Gasteiger partial charge in [-0.05, 0) is 299 Å². The molecule has 3 unspecified atom stereocenters. The maximum absolute atomic E-state index is 2.36. The second-order valence-corrected chi connectivity index (χ2v) is 31.3. The molecule has 0 spiro atoms. The quantitative estimate of drug-likeness (QED) is 0.149. The van der Waals surface area contributed by atoms with Crippen LogP contribution in [-0.2, 0) is 17.3 Å². The Labute approximate surface area is 635 Å². The average Bonchev–Trinajstić information content (AvgIpc) is 1.63. The van der Waals surface area contributed by atoms with Crippen molar-refractivity contribution in [3.8, 4) is 0 Å². The molecule has 8 aromatic carbocycles. The molecule has 0 heterocycles. The molecule has 7 aliphatic rings. The summed E-state index contributed by atoms with van der Waals surface area (Å²) in [5, 5.41) is 0. The second-order valence-electron chi connectivity index (χ2n) is 31.3. The lowest BCUT2D eigenvalue weighted by atomic mass is 9.76. The van der Waals surface area contributed by atoms with E-state index in [0.717, 1.165) is 47.8 Å². The largest absolute Gasteiger partial charge is 0.0776 e. The van der Waals surface area contributed by atoms with E-state index in [9.17, 15) is 0 Å². The van der Waals surface area contributed by atoms with Crippen LogP contribution >= 0.6 is 0 Å². The minimum absolute atomic E-state index is 0. The van der Waals surface area contributed by atoms with Crippen molar-refractivity contribution in [1.82, 2.24) is 0 Å². The number of fused-ring (bicyclic) bond motifs is 4. The highest BCUT2D eigenvalue weighted by molar-refractivity contribution is 5.38. The molecule has 0 nitrogen and oxygen atoms in total. The van der Waals surface area contributed by atoms with E-state index >= 15 is 0 Å². The number of hydrogen-bond donors (Lipinski definition) is 0. The van der Waals surface area contributed by atoms with Gasteiger partial charge in [-0.3, -0.25) is 0 Å². The summed E-state index contributed by atoms with van der Waals surface area (Å²) in [4.78, 5) is 0. The van der Waals surface area contributed by atoms with Crippen molar-refractivity contribution in [3.05, 3.63) is 283 Å². The Hall–Kier alpha value is -6.24. The SMILES string of the molecule is C.C.C.C.C.C.C.C.CCc1ccccc1C.Cc1ccccc1C(C)(C)C.Cc1ccccc1C(C)C.Cc1ccccc1C12CCC(CC1)C2.Cc1ccccc1C1CC2CCC1C2.Cc1ccccc1C1CCC1.Cc1ccccc1C1CCCC1.Cc1ccccc1C1CCCCC1. The fourth-order valence-electron chi connectivity index (χ4n) is 17.5. The standard InChI is InChI=1S/2C14H18.C13H18.C12H16.C11H14.C11H16.C10H14.C9H12.8CH4/c1-11-4-2-3-5-13(11)14-8-6-12(10-14)7-9-14;1-10-4-2-3-5-13(10)14-9-11-6-7-12(14)8-11;1-11-7-5-6-10-13(11)12-8-3-2-4-9-12;1-10-6-2-5-9-12(10)11-7-3-4-8-11;1-9-5-2-3-8-11(9)10-6-4-7-10;1-9-7-5-6-8-10(9)11(2,3)4;1-8(2)10-7-5-4-6-9(10)3;1-3-9-7-5-4-6-8(9)2;;;;;;;;/h2-5,12H,6-10H2,1H3;2-5,11-12,14H,6-9H2,1H3;5-7,10,12H,2-4,8-9H2,1H3;2,5-6,9,11H,3-4,7-8H2,1H3;2-3,5,8,10H,4,6-7H2,1H3;5-8H,1-4H3;4-8H,1-3H3;4-7H,3H2,1-2H3;8*1H4. The van der Waals surface area contributed by atoms with Crippen LogP contribution in [-0.4, -0.2) is 0 Å². The van der Waals surface area contributed by atoms with Crippen molar-refractivity contribution in [2.24, 2.45) is 17.8 Å². The third-order valence-electron chi connectivity index (χ3n) is 23.1. The summed E-state index contributed by atoms with van der Waals surface area (Å²) in [5.41, 5.74) is 24.9. The van der Waals surface area contributed by atoms with Crippen LogP contribution in [0.5, 0.6) is 0 Å². The van der Waals surface area contributed by atoms with Crippen LogP contribution in [0.3, 0.4) is 0 Å². The Bertz CT molecular complexity index is 3480. The first-order valence-corrected chi connectivity index (χ1v) is 37.8. The molecule has 566 valence electrons. The Morgan fingerprint density at radius 2 is 0.716 bits per heavy atom. The van der Waals surface area contributed by atoms with Gasteiger partial charge in [-0.15, -0.1) is 0 Å². The lowest BCUT2D eigenvalue weighted by Crippen LogP contribution is -2.20. The highest BCUT2D eigenvalue weighted by Gasteiger charge is 2.46. The molecule has 8 aromatic rings. The number of hydrogen-bond acceptors (Lipinski definition) is 0. The van der Waals surface area contributed by atoms with Crippen LogP contribution in [0.2, 0.25) is 0 Å². The maximum atomic E-state index is 2.36. The Morgan fingerprint density at radius 3 is 1.03 bits per heavy atom. The first kappa shape index (κ1) is 95.8. The molecule has 0 amide bonds. The van der Waals surface area contributed by atoms with Gasteiger partial charge in [0.25, 0.3) is 0 Å². The van der Waals surface area contributed by atoms with E-state index in [4.69, 9.17) is 0 Å². The fraction of sp³-hybridized carbons (Fsp3) is 0.529. The van der Waals surface area contributed by atoms with Crippen molar-refractivity contribution < 1.29 is 0 Å². The van der Waals surface area contributed by atoms with Crippen molar-refractivity contribution in [3.63, 3.8) is 0 Å². The van der Waals surface area contributed by atoms with Gasteiger partial charge in [-0.25, -0.2) is 0 Å². The predicted octanol–water partition coefficient (Wildman–Crippen LogP) is 32.7. The predicted molar refractivity (Wildman–Crippen MR) is 466 cm³/mol. The summed E-state index contributed by atoms with van der Waals surface area (Å²) in [6.07, 6.45) is 31.5. The topological polar surface area (TPSA) is 0 Å². The molecule has 7 aliphatic carbocycles. The zero-order valence-electron chi connectivity index (χ0n) is 61.7. The van der Waals surface area contributed by atoms with Gasteiger partial charge in [0.2, 0.25) is 0 Å². The normalized spacial score (nSPS) is 19.2. The van der Waals surface area contributed by atoms with Crippen molar-refractivity contribution in [1.29, 1.82) is 0 Å². The van der Waals surface area contributed by atoms with Crippen molar-refractivity contribution >= 4 is 0 Å². The van der Waals surface area contributed by atoms with Gasteiger partial charge >= 0.3 is 0 Å². The smallest absolute Gasteiger partial charge is 0.00415 e. The summed E-state index contributed by atoms with van der Waals surface area (Å²) >= 11 is 0. The number of aryl methyl sites for hydroxylation is 9. The van der Waals surface area contributed by atoms with Crippen LogP contribution in [0.25, 0.3) is 0 Å². The monoisotopic (exact) mass is 1380 g/mol. The molecule has 102 heavy (non-hydrogen) atoms. The van der Waals surface area contributed by atoms with Gasteiger partial charge in [0.1, 0.15) is 0 Å². The second kappa shape index (κ2) is 48.0. The van der Waals surface area contributed by atoms with Gasteiger partial charge < -0.3 is 0 Å². The third-order valence-corrected chi connectivity index (χ3v) is 23.1. The lowest BCUT2D eigenvalue weighted by Gasteiger charge is -2.28. The minimum Gasteiger partial charge on any atom is -0.0776 e. The Kier molecular flexibility index (Phi) is 45.0. The Morgan fingerprint density at radius 1 is 0.343 bits per heavy atom. The van der Waals surface area contributed by atoms with Gasteiger partial charge in [-0.2, -0.15) is 0 Å². The van der Waals surface area contributed by atoms with E-state index in [1.54, 1.807) is 27.8 Å². The molecular formula is C102H158. The molecule has 0 heteroatoms. The van der Waals surface area contributed by atoms with Crippen molar-refractivity contribution in [2.75, 3.05) is 0 Å². The maximum Gasteiger partial charge on any atom is -0.00415 e. The highest BCUT2D eigenvalue weighted by atomic mass is 14.5. The van der Waals surface area contributed by atoms with E-state index in [0.29, 0.717) is 11.3 Å². The molecule has 7 fully saturated rings. The molecule has 0 aromatic heterocycles. The molecule has 0 N–H and O–H groups in total. The molecule has 15 rings (SSSR count). The molecule has 0 aliphatic heterocycles. The zero-order chi connectivity index (χ0) is 67.0. The average molecular weight is 1380 g/mol. The number of benzene rings is 8. The van der Waals surface area contributed by atoms with Crippen LogP contribution in [0.4, 0.5) is 0 Å². The van der Waals surface area contributed by atoms with Crippen molar-refractivity contribution in [2.45, 2.75) is 338 Å². The molecule has 7 saturated carbocycles. The summed E-state index contributed by atoms with van der Waals surface area (Å²) < 4.78 is 0. The minimum atomic E-state index is 0. The molecule has 3 atom stereocenters. The van der Waals surface area contributed by atoms with E-state index in [2.05, 4.69) is 291 Å². The first-order valence-electron chi connectivity index (χ1n) is 37.8. The lowest BCUT2D eigenvalue weighted by molar-refractivity contribution is 0.417. The van der Waals surface area contributed by atoms with Crippen LogP contribution in [0.1, 0.15) is 354 Å². The van der Waals surface area contributed by atoms with Crippen LogP contribution in [0, 0.1) is 73.1 Å². The molecule has 4 bridgehead atoms. The summed E-state index contributed by atoms with van der Waals surface area (Å²) in [6.45, 7) is 31.1. The first-order chi connectivity index (χ1) is 45.3. The van der Waals surface area contributed by atoms with E-state index in [1.165, 1.54) is 196 Å². The molecule has 0 saturated heterocycles. The number of rotatable bonds is 7. The van der Waals surface area contributed by atoms with E-state index in [1.807, 2.05) is 0 Å². The van der Waals surface area contributed by atoms with E-state index in [-0.39, 0.29) is 64.8 Å². The highest BCUT2D eigenvalue weighted by Crippen LogP contribution is 2.56. The van der Waals surface area contributed by atoms with Gasteiger partial charge in [0, 0.05) is 0 Å². The third kappa shape index (κ3) is 27.7. The summed E-state index contributed by atoms with van der Waals surface area (Å²) in [5.74, 6) is 7.29. The zero-order valence-corrected chi connectivity index (χ0v) is 61.7. The molecular weight excluding hydrogens is 1230 g/mol. The van der Waals surface area contributed by atoms with Crippen LogP contribution in [0.15, 0.2) is 194 Å². The van der Waals surface area contributed by atoms with Crippen LogP contribution < -0.4 is 0 Å². The molecule has 0 radical (unpaired) electrons. The summed E-state index contributed by atoms with van der Waals surface area (Å²) in [7, 11) is 0. The Balaban J connectivity index is 0.00000113. The summed E-state index contributed by atoms with van der Waals surface area (Å²) in [6, 6.07) is 70.1. The van der Waals surface area contributed by atoms with Gasteiger partial charge in [-0.1, -0.05) is 340 Å². The van der Waals surface area contributed by atoms with Gasteiger partial charge in [0.05, 0.1) is 0 Å². The fourth-order valence-corrected chi connectivity index (χ4v) is 17.5.